The summed E-state index contributed by atoms with van der Waals surface area (Å²) >= 11 is 0. The quantitative estimate of drug-likeness (QED) is 0.193. The van der Waals surface area contributed by atoms with Gasteiger partial charge in [-0.05, 0) is 110 Å². The minimum Gasteiger partial charge on any atom is -0.410 e. The first-order chi connectivity index (χ1) is 18.7. The second kappa shape index (κ2) is 12.9. The van der Waals surface area contributed by atoms with Crippen LogP contribution in [-0.4, -0.2) is 28.8 Å². The molecule has 0 unspecified atom stereocenters. The molecule has 3 saturated carbocycles. The van der Waals surface area contributed by atoms with E-state index < -0.39 is 16.6 Å². The molecular weight excluding hydrogens is 533 g/mol. The third-order valence-electron chi connectivity index (χ3n) is 12.5. The van der Waals surface area contributed by atoms with Gasteiger partial charge >= 0.3 is 0 Å². The second-order valence-electron chi connectivity index (χ2n) is 17.5. The zero-order chi connectivity index (χ0) is 31.0. The van der Waals surface area contributed by atoms with E-state index in [1.807, 2.05) is 0 Å². The van der Waals surface area contributed by atoms with Crippen LogP contribution in [0.4, 0.5) is 0 Å². The first-order valence-electron chi connectivity index (χ1n) is 17.2. The van der Waals surface area contributed by atoms with Gasteiger partial charge in [0.1, 0.15) is 0 Å². The van der Waals surface area contributed by atoms with E-state index in [4.69, 9.17) is 8.85 Å². The van der Waals surface area contributed by atoms with Crippen LogP contribution in [0.2, 0.25) is 36.3 Å². The summed E-state index contributed by atoms with van der Waals surface area (Å²) < 4.78 is 14.2. The van der Waals surface area contributed by atoms with Gasteiger partial charge in [-0.1, -0.05) is 111 Å². The van der Waals surface area contributed by atoms with Crippen molar-refractivity contribution >= 4 is 16.6 Å². The molecule has 0 bridgehead atoms. The van der Waals surface area contributed by atoms with E-state index in [-0.39, 0.29) is 22.3 Å². The second-order valence-corrected chi connectivity index (χ2v) is 27.0. The first-order valence-corrected chi connectivity index (χ1v) is 23.0. The van der Waals surface area contributed by atoms with Crippen molar-refractivity contribution in [3.63, 3.8) is 0 Å². The van der Waals surface area contributed by atoms with Crippen LogP contribution in [-0.2, 0) is 8.85 Å². The molecule has 2 nitrogen and oxygen atoms in total. The minimum atomic E-state index is -1.95. The van der Waals surface area contributed by atoms with Crippen LogP contribution in [0.15, 0.2) is 35.5 Å². The highest BCUT2D eigenvalue weighted by molar-refractivity contribution is 6.74. The van der Waals surface area contributed by atoms with Gasteiger partial charge in [-0.25, -0.2) is 0 Å². The van der Waals surface area contributed by atoms with Gasteiger partial charge in [0.05, 0.1) is 12.2 Å². The molecule has 3 fully saturated rings. The molecule has 0 aromatic heterocycles. The number of unbranched alkanes of at least 4 members (excludes halogenated alkanes) is 1. The average molecular weight is 601 g/mol. The van der Waals surface area contributed by atoms with Crippen molar-refractivity contribution < 1.29 is 8.85 Å². The first kappa shape index (κ1) is 35.1. The highest BCUT2D eigenvalue weighted by atomic mass is 28.4. The Kier molecular flexibility index (Phi) is 11.0. The van der Waals surface area contributed by atoms with Gasteiger partial charge in [-0.2, -0.15) is 0 Å². The number of hydrogen-bond acceptors (Lipinski definition) is 2. The van der Waals surface area contributed by atoms with Gasteiger partial charge in [0.25, 0.3) is 0 Å². The summed E-state index contributed by atoms with van der Waals surface area (Å²) in [5, 5.41) is 0.346. The molecule has 0 saturated heterocycles. The number of hydrogen-bond donors (Lipinski definition) is 0. The summed E-state index contributed by atoms with van der Waals surface area (Å²) in [7, 11) is -3.89. The Morgan fingerprint density at radius 1 is 0.927 bits per heavy atom. The summed E-state index contributed by atoms with van der Waals surface area (Å²) in [4.78, 5) is 0. The zero-order valence-electron chi connectivity index (χ0n) is 29.6. The molecule has 6 atom stereocenters. The molecule has 0 aromatic rings. The van der Waals surface area contributed by atoms with Crippen LogP contribution in [0, 0.1) is 23.2 Å². The van der Waals surface area contributed by atoms with Gasteiger partial charge < -0.3 is 8.85 Å². The Balaban J connectivity index is 1.89. The lowest BCUT2D eigenvalue weighted by Gasteiger charge is -2.46. The third-order valence-corrected chi connectivity index (χ3v) is 21.5. The third kappa shape index (κ3) is 7.81. The van der Waals surface area contributed by atoms with Gasteiger partial charge in [-0.15, -0.1) is 0 Å². The molecule has 0 heterocycles. The van der Waals surface area contributed by atoms with Gasteiger partial charge in [0, 0.05) is 0 Å². The number of allylic oxidation sites excluding steroid dienone is 3. The summed E-state index contributed by atoms with van der Waals surface area (Å²) in [5.41, 5.74) is 4.88. The highest BCUT2D eigenvalue weighted by Gasteiger charge is 2.50. The van der Waals surface area contributed by atoms with Crippen molar-refractivity contribution in [3.05, 3.63) is 35.5 Å². The Hall–Kier alpha value is -0.426. The SMILES string of the molecule is C=C1[C@H](O[Si](C)(C)C(C)(C)C)CC(=C/C=C2\CCC[C@]3(C)[C@@H]([C@@H](C)CCCC)CC[C@@H]23)C[C@H]1O[Si](C)(C)C(C)(C)C. The number of rotatable bonds is 9. The van der Waals surface area contributed by atoms with E-state index in [1.165, 1.54) is 62.5 Å². The van der Waals surface area contributed by atoms with Crippen molar-refractivity contribution in [2.24, 2.45) is 23.2 Å². The summed E-state index contributed by atoms with van der Waals surface area (Å²) in [6.07, 6.45) is 18.1. The largest absolute Gasteiger partial charge is 0.410 e. The molecule has 0 spiro atoms. The molecule has 0 N–H and O–H groups in total. The maximum Gasteiger partial charge on any atom is 0.192 e. The maximum atomic E-state index is 7.08. The predicted molar refractivity (Wildman–Crippen MR) is 186 cm³/mol. The van der Waals surface area contributed by atoms with Gasteiger partial charge in [0.15, 0.2) is 16.6 Å². The van der Waals surface area contributed by atoms with Crippen molar-refractivity contribution in [1.82, 2.24) is 0 Å². The fourth-order valence-electron chi connectivity index (χ4n) is 7.63. The molecule has 3 aliphatic carbocycles. The topological polar surface area (TPSA) is 18.5 Å². The molecule has 3 aliphatic rings. The van der Waals surface area contributed by atoms with Crippen LogP contribution in [0.3, 0.4) is 0 Å². The van der Waals surface area contributed by atoms with E-state index in [0.29, 0.717) is 5.41 Å². The Morgan fingerprint density at radius 3 is 1.95 bits per heavy atom. The summed E-state index contributed by atoms with van der Waals surface area (Å²) in [5.74, 6) is 2.51. The summed E-state index contributed by atoms with van der Waals surface area (Å²) in [6, 6.07) is 0. The van der Waals surface area contributed by atoms with Crippen LogP contribution in [0.25, 0.3) is 0 Å². The predicted octanol–water partition coefficient (Wildman–Crippen LogP) is 12.0. The fourth-order valence-corrected chi connectivity index (χ4v) is 10.2. The molecule has 4 heteroatoms. The lowest BCUT2D eigenvalue weighted by molar-refractivity contribution is 0.0934. The lowest BCUT2D eigenvalue weighted by atomic mass is 9.60. The number of fused-ring (bicyclic) bond motifs is 1. The normalized spacial score (nSPS) is 31.9. The smallest absolute Gasteiger partial charge is 0.192 e. The van der Waals surface area contributed by atoms with E-state index in [1.54, 1.807) is 5.57 Å². The highest BCUT2D eigenvalue weighted by Crippen LogP contribution is 2.60. The molecule has 0 amide bonds. The van der Waals surface area contributed by atoms with Crippen molar-refractivity contribution in [2.75, 3.05) is 0 Å². The maximum absolute atomic E-state index is 7.08. The molecule has 0 radical (unpaired) electrons. The molecule has 3 rings (SSSR count). The van der Waals surface area contributed by atoms with Crippen molar-refractivity contribution in [2.45, 2.75) is 175 Å². The zero-order valence-corrected chi connectivity index (χ0v) is 31.6. The van der Waals surface area contributed by atoms with E-state index in [2.05, 4.69) is 107 Å². The Morgan fingerprint density at radius 2 is 1.46 bits per heavy atom. The van der Waals surface area contributed by atoms with Crippen molar-refractivity contribution in [1.29, 1.82) is 0 Å². The van der Waals surface area contributed by atoms with E-state index >= 15 is 0 Å². The van der Waals surface area contributed by atoms with Crippen LogP contribution in [0.1, 0.15) is 127 Å². The average Bonchev–Trinajstić information content (AvgIpc) is 3.19. The molecule has 0 aliphatic heterocycles. The Labute approximate surface area is 258 Å². The van der Waals surface area contributed by atoms with Crippen LogP contribution < -0.4 is 0 Å². The van der Waals surface area contributed by atoms with Gasteiger partial charge in [-0.3, -0.25) is 0 Å². The Bertz CT molecular complexity index is 934. The van der Waals surface area contributed by atoms with E-state index in [0.717, 1.165) is 30.6 Å². The lowest BCUT2D eigenvalue weighted by Crippen LogP contribution is -2.49. The van der Waals surface area contributed by atoms with Crippen molar-refractivity contribution in [3.8, 4) is 0 Å². The molecular formula is C37H68O2Si2. The van der Waals surface area contributed by atoms with E-state index in [9.17, 15) is 0 Å². The fraction of sp³-hybridized carbons (Fsp3) is 0.838. The molecule has 41 heavy (non-hydrogen) atoms. The summed E-state index contributed by atoms with van der Waals surface area (Å²) in [6.45, 7) is 35.7. The standard InChI is InChI=1S/C37H68O2Si2/c1-15-16-18-27(2)31-22-23-32-30(19-17-24-37(31,32)10)21-20-29-25-33(38-40(11,12)35(4,5)6)28(3)34(26-29)39-41(13,14)36(7,8)9/h20-21,27,31-34H,3,15-19,22-26H2,1-2,4-14H3/b30-21+/t27-,31+,32-,33+,34+,37+/m0/s1. The molecule has 236 valence electrons. The van der Waals surface area contributed by atoms with Crippen LogP contribution >= 0.6 is 0 Å². The molecule has 0 aromatic carbocycles. The van der Waals surface area contributed by atoms with Crippen LogP contribution in [0.5, 0.6) is 0 Å². The monoisotopic (exact) mass is 600 g/mol. The van der Waals surface area contributed by atoms with Gasteiger partial charge in [0.2, 0.25) is 0 Å². The minimum absolute atomic E-state index is 0.0518.